The molecule has 2 aromatic rings. The number of alkyl halides is 4. The molecule has 0 amide bonds. The van der Waals surface area contributed by atoms with Gasteiger partial charge in [-0.3, -0.25) is 9.69 Å². The molecule has 30 heavy (non-hydrogen) atoms. The summed E-state index contributed by atoms with van der Waals surface area (Å²) in [6, 6.07) is 6.57. The zero-order valence-electron chi connectivity index (χ0n) is 16.6. The highest BCUT2D eigenvalue weighted by Crippen LogP contribution is 2.30. The van der Waals surface area contributed by atoms with Crippen LogP contribution in [-0.4, -0.2) is 23.1 Å². The van der Waals surface area contributed by atoms with Crippen LogP contribution >= 0.6 is 11.6 Å². The molecule has 3 rings (SSSR count). The SMILES string of the molecule is O=c1cc(CCl)oc(CCCC2CCN(Cc3ccc(C(F)(F)F)cc3)CC2)c1O. The molecule has 1 saturated heterocycles. The van der Waals surface area contributed by atoms with Crippen LogP contribution in [-0.2, 0) is 25.0 Å². The van der Waals surface area contributed by atoms with Crippen LogP contribution in [0.15, 0.2) is 39.5 Å². The van der Waals surface area contributed by atoms with Crippen molar-refractivity contribution in [2.75, 3.05) is 13.1 Å². The van der Waals surface area contributed by atoms with Crippen LogP contribution in [0.1, 0.15) is 48.3 Å². The van der Waals surface area contributed by atoms with Crippen molar-refractivity contribution in [1.82, 2.24) is 4.90 Å². The van der Waals surface area contributed by atoms with Crippen LogP contribution in [0.4, 0.5) is 13.2 Å². The van der Waals surface area contributed by atoms with Gasteiger partial charge in [0.25, 0.3) is 0 Å². The van der Waals surface area contributed by atoms with E-state index in [1.807, 2.05) is 0 Å². The first-order valence-corrected chi connectivity index (χ1v) is 10.6. The van der Waals surface area contributed by atoms with E-state index in [-0.39, 0.29) is 17.4 Å². The summed E-state index contributed by atoms with van der Waals surface area (Å²) in [6.07, 6.45) is -0.0379. The van der Waals surface area contributed by atoms with E-state index in [1.54, 1.807) is 12.1 Å². The van der Waals surface area contributed by atoms with Crippen molar-refractivity contribution in [3.8, 4) is 5.75 Å². The number of nitrogens with zero attached hydrogens (tertiary/aromatic N) is 1. The van der Waals surface area contributed by atoms with Gasteiger partial charge in [-0.1, -0.05) is 12.1 Å². The molecule has 0 spiro atoms. The van der Waals surface area contributed by atoms with Crippen LogP contribution in [0.3, 0.4) is 0 Å². The lowest BCUT2D eigenvalue weighted by Gasteiger charge is -2.32. The number of hydrogen-bond donors (Lipinski definition) is 1. The number of aromatic hydroxyl groups is 1. The van der Waals surface area contributed by atoms with Gasteiger partial charge in [-0.2, -0.15) is 13.2 Å². The lowest BCUT2D eigenvalue weighted by Crippen LogP contribution is -2.33. The zero-order chi connectivity index (χ0) is 21.7. The molecule has 1 N–H and O–H groups in total. The van der Waals surface area contributed by atoms with Crippen LogP contribution in [0.2, 0.25) is 0 Å². The van der Waals surface area contributed by atoms with E-state index in [0.717, 1.165) is 56.5 Å². The van der Waals surface area contributed by atoms with Gasteiger partial charge in [-0.15, -0.1) is 11.6 Å². The van der Waals surface area contributed by atoms with E-state index in [2.05, 4.69) is 4.90 Å². The van der Waals surface area contributed by atoms with Crippen LogP contribution in [0.5, 0.6) is 5.75 Å². The van der Waals surface area contributed by atoms with Gasteiger partial charge in [0.2, 0.25) is 11.2 Å². The Labute approximate surface area is 178 Å². The molecule has 0 radical (unpaired) electrons. The molecule has 1 aliphatic rings. The van der Waals surface area contributed by atoms with Crippen molar-refractivity contribution in [3.05, 3.63) is 63.2 Å². The maximum atomic E-state index is 12.7. The van der Waals surface area contributed by atoms with E-state index >= 15 is 0 Å². The fraction of sp³-hybridized carbons (Fsp3) is 0.500. The fourth-order valence-electron chi connectivity index (χ4n) is 3.87. The molecule has 0 aliphatic carbocycles. The average Bonchev–Trinajstić information content (AvgIpc) is 2.72. The molecule has 0 saturated carbocycles. The Balaban J connectivity index is 1.43. The van der Waals surface area contributed by atoms with E-state index in [4.69, 9.17) is 16.0 Å². The van der Waals surface area contributed by atoms with Gasteiger partial charge >= 0.3 is 6.18 Å². The Hall–Kier alpha value is -1.99. The first-order chi connectivity index (χ1) is 14.3. The number of likely N-dealkylation sites (tertiary alicyclic amines) is 1. The van der Waals surface area contributed by atoms with E-state index in [0.29, 0.717) is 24.6 Å². The second kappa shape index (κ2) is 9.88. The van der Waals surface area contributed by atoms with Crippen LogP contribution < -0.4 is 5.43 Å². The standard InChI is InChI=1S/C22H25ClF3NO3/c23-13-18-12-19(28)21(29)20(30-18)3-1-2-15-8-10-27(11-9-15)14-16-4-6-17(7-5-16)22(24,25)26/h4-7,12,15,29H,1-3,8-11,13-14H2. The molecule has 0 atom stereocenters. The molecule has 0 bridgehead atoms. The number of hydrogen-bond acceptors (Lipinski definition) is 4. The van der Waals surface area contributed by atoms with E-state index in [9.17, 15) is 23.1 Å². The van der Waals surface area contributed by atoms with Crippen LogP contribution in [0, 0.1) is 5.92 Å². The van der Waals surface area contributed by atoms with E-state index < -0.39 is 17.2 Å². The fourth-order valence-corrected chi connectivity index (χ4v) is 4.00. The quantitative estimate of drug-likeness (QED) is 0.587. The van der Waals surface area contributed by atoms with Crippen molar-refractivity contribution in [1.29, 1.82) is 0 Å². The molecule has 0 unspecified atom stereocenters. The summed E-state index contributed by atoms with van der Waals surface area (Å²) in [5, 5.41) is 9.87. The Kier molecular flexibility index (Phi) is 7.47. The van der Waals surface area contributed by atoms with Gasteiger partial charge in [0.05, 0.1) is 11.4 Å². The number of benzene rings is 1. The normalized spacial score (nSPS) is 16.1. The summed E-state index contributed by atoms with van der Waals surface area (Å²) in [5.74, 6) is 0.929. The molecule has 8 heteroatoms. The predicted molar refractivity (Wildman–Crippen MR) is 109 cm³/mol. The minimum absolute atomic E-state index is 0.0832. The molecule has 4 nitrogen and oxygen atoms in total. The van der Waals surface area contributed by atoms with Crippen molar-refractivity contribution in [2.45, 2.75) is 50.7 Å². The first kappa shape index (κ1) is 22.7. The third-order valence-corrected chi connectivity index (χ3v) is 5.85. The Morgan fingerprint density at radius 2 is 1.83 bits per heavy atom. The molecule has 1 aliphatic heterocycles. The average molecular weight is 444 g/mol. The predicted octanol–water partition coefficient (Wildman–Crippen LogP) is 5.34. The Morgan fingerprint density at radius 1 is 1.17 bits per heavy atom. The largest absolute Gasteiger partial charge is 0.502 e. The van der Waals surface area contributed by atoms with Gasteiger partial charge in [-0.05, 0) is 62.4 Å². The molecule has 1 aromatic carbocycles. The van der Waals surface area contributed by atoms with Crippen molar-refractivity contribution in [3.63, 3.8) is 0 Å². The monoisotopic (exact) mass is 443 g/mol. The summed E-state index contributed by atoms with van der Waals surface area (Å²) in [4.78, 5) is 14.0. The lowest BCUT2D eigenvalue weighted by atomic mass is 9.91. The highest BCUT2D eigenvalue weighted by atomic mass is 35.5. The molecular weight excluding hydrogens is 419 g/mol. The second-order valence-corrected chi connectivity index (χ2v) is 8.06. The molecular formula is C22H25ClF3NO3. The summed E-state index contributed by atoms with van der Waals surface area (Å²) < 4.78 is 43.5. The topological polar surface area (TPSA) is 53.7 Å². The number of piperidine rings is 1. The van der Waals surface area contributed by atoms with Crippen LogP contribution in [0.25, 0.3) is 0 Å². The lowest BCUT2D eigenvalue weighted by molar-refractivity contribution is -0.137. The summed E-state index contributed by atoms with van der Waals surface area (Å²) in [5.41, 5.74) is -0.210. The third kappa shape index (κ3) is 6.01. The Morgan fingerprint density at radius 3 is 2.43 bits per heavy atom. The molecule has 1 fully saturated rings. The molecule has 164 valence electrons. The van der Waals surface area contributed by atoms with E-state index in [1.165, 1.54) is 6.07 Å². The minimum Gasteiger partial charge on any atom is -0.502 e. The second-order valence-electron chi connectivity index (χ2n) is 7.79. The van der Waals surface area contributed by atoms with Gasteiger partial charge in [-0.25, -0.2) is 0 Å². The summed E-state index contributed by atoms with van der Waals surface area (Å²) >= 11 is 5.71. The van der Waals surface area contributed by atoms with Gasteiger partial charge in [0.1, 0.15) is 11.5 Å². The number of aryl methyl sites for hydroxylation is 1. The maximum Gasteiger partial charge on any atom is 0.416 e. The van der Waals surface area contributed by atoms with Gasteiger partial charge in [0, 0.05) is 19.0 Å². The van der Waals surface area contributed by atoms with Gasteiger partial charge < -0.3 is 9.52 Å². The van der Waals surface area contributed by atoms with Crippen molar-refractivity contribution < 1.29 is 22.7 Å². The highest BCUT2D eigenvalue weighted by Gasteiger charge is 2.30. The Bertz CT molecular complexity index is 888. The number of rotatable bonds is 7. The highest BCUT2D eigenvalue weighted by molar-refractivity contribution is 6.16. The first-order valence-electron chi connectivity index (χ1n) is 10.1. The van der Waals surface area contributed by atoms with Gasteiger partial charge in [0.15, 0.2) is 0 Å². The maximum absolute atomic E-state index is 12.7. The smallest absolute Gasteiger partial charge is 0.416 e. The minimum atomic E-state index is -4.30. The third-order valence-electron chi connectivity index (χ3n) is 5.59. The molecule has 1 aromatic heterocycles. The van der Waals surface area contributed by atoms with Crippen molar-refractivity contribution >= 4 is 11.6 Å². The van der Waals surface area contributed by atoms with Crippen molar-refractivity contribution in [2.24, 2.45) is 5.92 Å². The summed E-state index contributed by atoms with van der Waals surface area (Å²) in [7, 11) is 0. The number of halogens is 4. The zero-order valence-corrected chi connectivity index (χ0v) is 17.3. The molecule has 2 heterocycles. The summed E-state index contributed by atoms with van der Waals surface area (Å²) in [6.45, 7) is 2.44.